The number of rotatable bonds is 4. The Morgan fingerprint density at radius 1 is 1.20 bits per heavy atom. The molecule has 0 radical (unpaired) electrons. The van der Waals surface area contributed by atoms with Gasteiger partial charge in [-0.05, 0) is 37.1 Å². The summed E-state index contributed by atoms with van der Waals surface area (Å²) in [6.07, 6.45) is 6.54. The molecule has 100 valence electrons. The number of carbonyl (C=O) groups excluding carboxylic acids is 1. The van der Waals surface area contributed by atoms with Gasteiger partial charge in [-0.3, -0.25) is 4.79 Å². The molecular weight excluding hydrogens is 246 g/mol. The molecule has 0 atom stereocenters. The summed E-state index contributed by atoms with van der Waals surface area (Å²) in [5.41, 5.74) is 3.90. The van der Waals surface area contributed by atoms with Crippen LogP contribution < -0.4 is 5.32 Å². The van der Waals surface area contributed by atoms with Crippen LogP contribution in [0.15, 0.2) is 48.5 Å². The monoisotopic (exact) mass is 263 g/mol. The van der Waals surface area contributed by atoms with E-state index in [0.717, 1.165) is 17.7 Å². The molecule has 0 heterocycles. The predicted octanol–water partition coefficient (Wildman–Crippen LogP) is 3.55. The largest absolute Gasteiger partial charge is 0.326 e. The Morgan fingerprint density at radius 3 is 2.75 bits per heavy atom. The van der Waals surface area contributed by atoms with Gasteiger partial charge in [0.1, 0.15) is 0 Å². The lowest BCUT2D eigenvalue weighted by atomic mass is 10.1. The van der Waals surface area contributed by atoms with E-state index in [0.29, 0.717) is 6.42 Å². The summed E-state index contributed by atoms with van der Waals surface area (Å²) in [6, 6.07) is 15.5. The normalized spacial score (nSPS) is 9.80. The third-order valence-electron chi connectivity index (χ3n) is 3.04. The molecule has 0 spiro atoms. The van der Waals surface area contributed by atoms with Crippen molar-refractivity contribution < 1.29 is 4.79 Å². The van der Waals surface area contributed by atoms with Crippen LogP contribution in [0.2, 0.25) is 0 Å². The van der Waals surface area contributed by atoms with E-state index in [1.807, 2.05) is 30.3 Å². The molecule has 0 aliphatic rings. The number of nitrogens with one attached hydrogen (secondary N) is 1. The SMILES string of the molecule is C#Cc1cccc(NC(=O)CCc2cccc(C)c2)c1. The van der Waals surface area contributed by atoms with E-state index >= 15 is 0 Å². The van der Waals surface area contributed by atoms with Crippen molar-refractivity contribution in [2.75, 3.05) is 5.32 Å². The highest BCUT2D eigenvalue weighted by Crippen LogP contribution is 2.11. The van der Waals surface area contributed by atoms with E-state index in [9.17, 15) is 4.79 Å². The molecule has 2 heteroatoms. The summed E-state index contributed by atoms with van der Waals surface area (Å²) in [5.74, 6) is 2.55. The Kier molecular flexibility index (Phi) is 4.57. The molecule has 1 N–H and O–H groups in total. The molecule has 2 aromatic carbocycles. The molecule has 20 heavy (non-hydrogen) atoms. The zero-order chi connectivity index (χ0) is 14.4. The van der Waals surface area contributed by atoms with Crippen molar-refractivity contribution in [2.24, 2.45) is 0 Å². The summed E-state index contributed by atoms with van der Waals surface area (Å²) in [4.78, 5) is 11.9. The van der Waals surface area contributed by atoms with Gasteiger partial charge in [0.2, 0.25) is 5.91 Å². The fourth-order valence-corrected chi connectivity index (χ4v) is 2.04. The fourth-order valence-electron chi connectivity index (χ4n) is 2.04. The second-order valence-corrected chi connectivity index (χ2v) is 4.76. The third kappa shape index (κ3) is 4.00. The average molecular weight is 263 g/mol. The number of terminal acetylenes is 1. The number of hydrogen-bond acceptors (Lipinski definition) is 1. The summed E-state index contributed by atoms with van der Waals surface area (Å²) < 4.78 is 0. The number of aryl methyl sites for hydroxylation is 2. The van der Waals surface area contributed by atoms with Crippen molar-refractivity contribution in [3.05, 3.63) is 65.2 Å². The lowest BCUT2D eigenvalue weighted by molar-refractivity contribution is -0.116. The Labute approximate surface area is 119 Å². The molecule has 0 aliphatic heterocycles. The van der Waals surface area contributed by atoms with Gasteiger partial charge in [-0.1, -0.05) is 41.8 Å². The summed E-state index contributed by atoms with van der Waals surface area (Å²) >= 11 is 0. The van der Waals surface area contributed by atoms with E-state index in [2.05, 4.69) is 30.3 Å². The molecule has 0 aliphatic carbocycles. The zero-order valence-electron chi connectivity index (χ0n) is 11.5. The Morgan fingerprint density at radius 2 is 2.00 bits per heavy atom. The van der Waals surface area contributed by atoms with Crippen molar-refractivity contribution in [3.8, 4) is 12.3 Å². The quantitative estimate of drug-likeness (QED) is 0.840. The third-order valence-corrected chi connectivity index (χ3v) is 3.04. The van der Waals surface area contributed by atoms with Gasteiger partial charge in [-0.15, -0.1) is 6.42 Å². The second kappa shape index (κ2) is 6.58. The van der Waals surface area contributed by atoms with E-state index in [1.165, 1.54) is 11.1 Å². The van der Waals surface area contributed by atoms with Gasteiger partial charge in [0.15, 0.2) is 0 Å². The van der Waals surface area contributed by atoms with Crippen molar-refractivity contribution in [2.45, 2.75) is 19.8 Å². The lowest BCUT2D eigenvalue weighted by Gasteiger charge is -2.06. The Hall–Kier alpha value is -2.53. The van der Waals surface area contributed by atoms with Crippen LogP contribution >= 0.6 is 0 Å². The van der Waals surface area contributed by atoms with Crippen LogP contribution in [0.3, 0.4) is 0 Å². The van der Waals surface area contributed by atoms with Crippen molar-refractivity contribution in [1.29, 1.82) is 0 Å². The molecule has 2 aromatic rings. The molecule has 1 amide bonds. The van der Waals surface area contributed by atoms with E-state index in [4.69, 9.17) is 6.42 Å². The molecule has 2 rings (SSSR count). The van der Waals surface area contributed by atoms with Crippen molar-refractivity contribution in [1.82, 2.24) is 0 Å². The maximum atomic E-state index is 11.9. The van der Waals surface area contributed by atoms with Crippen LogP contribution in [-0.4, -0.2) is 5.91 Å². The first-order valence-corrected chi connectivity index (χ1v) is 6.59. The van der Waals surface area contributed by atoms with E-state index < -0.39 is 0 Å². The number of anilines is 1. The van der Waals surface area contributed by atoms with Crippen LogP contribution in [0.4, 0.5) is 5.69 Å². The molecule has 0 saturated heterocycles. The molecule has 0 aromatic heterocycles. The van der Waals surface area contributed by atoms with Crippen LogP contribution in [0.25, 0.3) is 0 Å². The standard InChI is InChI=1S/C18H17NO/c1-3-15-7-5-9-17(13-15)19-18(20)11-10-16-8-4-6-14(2)12-16/h1,4-9,12-13H,10-11H2,2H3,(H,19,20). The van der Waals surface area contributed by atoms with Gasteiger partial charge in [0.05, 0.1) is 0 Å². The fraction of sp³-hybridized carbons (Fsp3) is 0.167. The van der Waals surface area contributed by atoms with Crippen LogP contribution in [0.1, 0.15) is 23.1 Å². The number of carbonyl (C=O) groups is 1. The number of benzene rings is 2. The zero-order valence-corrected chi connectivity index (χ0v) is 11.5. The van der Waals surface area contributed by atoms with Gasteiger partial charge in [0, 0.05) is 17.7 Å². The van der Waals surface area contributed by atoms with E-state index in [1.54, 1.807) is 6.07 Å². The highest BCUT2D eigenvalue weighted by atomic mass is 16.1. The highest BCUT2D eigenvalue weighted by Gasteiger charge is 2.03. The van der Waals surface area contributed by atoms with Gasteiger partial charge < -0.3 is 5.32 Å². The minimum absolute atomic E-state index is 0.000627. The van der Waals surface area contributed by atoms with Crippen LogP contribution in [0, 0.1) is 19.3 Å². The summed E-state index contributed by atoms with van der Waals surface area (Å²) in [6.45, 7) is 2.05. The molecule has 0 unspecified atom stereocenters. The predicted molar refractivity (Wildman–Crippen MR) is 82.5 cm³/mol. The minimum Gasteiger partial charge on any atom is -0.326 e. The lowest BCUT2D eigenvalue weighted by Crippen LogP contribution is -2.12. The molecule has 0 saturated carbocycles. The van der Waals surface area contributed by atoms with Crippen molar-refractivity contribution >= 4 is 11.6 Å². The first-order chi connectivity index (χ1) is 9.67. The maximum Gasteiger partial charge on any atom is 0.224 e. The van der Waals surface area contributed by atoms with E-state index in [-0.39, 0.29) is 5.91 Å². The second-order valence-electron chi connectivity index (χ2n) is 4.76. The average Bonchev–Trinajstić information content (AvgIpc) is 2.45. The number of amides is 1. The molecule has 2 nitrogen and oxygen atoms in total. The highest BCUT2D eigenvalue weighted by molar-refractivity contribution is 5.91. The maximum absolute atomic E-state index is 11.9. The van der Waals surface area contributed by atoms with Crippen LogP contribution in [0.5, 0.6) is 0 Å². The Balaban J connectivity index is 1.91. The topological polar surface area (TPSA) is 29.1 Å². The molecule has 0 bridgehead atoms. The van der Waals surface area contributed by atoms with Gasteiger partial charge in [0.25, 0.3) is 0 Å². The Bertz CT molecular complexity index is 652. The molecular formula is C18H17NO. The van der Waals surface area contributed by atoms with Gasteiger partial charge in [-0.25, -0.2) is 0 Å². The first-order valence-electron chi connectivity index (χ1n) is 6.59. The molecule has 0 fully saturated rings. The van der Waals surface area contributed by atoms with Gasteiger partial charge >= 0.3 is 0 Å². The minimum atomic E-state index is 0.000627. The van der Waals surface area contributed by atoms with Gasteiger partial charge in [-0.2, -0.15) is 0 Å². The summed E-state index contributed by atoms with van der Waals surface area (Å²) in [7, 11) is 0. The summed E-state index contributed by atoms with van der Waals surface area (Å²) in [5, 5.41) is 2.87. The van der Waals surface area contributed by atoms with Crippen LogP contribution in [-0.2, 0) is 11.2 Å². The first kappa shape index (κ1) is 13.9. The smallest absolute Gasteiger partial charge is 0.224 e. The van der Waals surface area contributed by atoms with Crippen molar-refractivity contribution in [3.63, 3.8) is 0 Å². The number of hydrogen-bond donors (Lipinski definition) is 1.